The third-order valence-corrected chi connectivity index (χ3v) is 19.6. The summed E-state index contributed by atoms with van der Waals surface area (Å²) in [5.74, 6) is -13.9. The van der Waals surface area contributed by atoms with Crippen molar-refractivity contribution in [2.75, 3.05) is 0 Å². The Morgan fingerprint density at radius 3 is 1.10 bits per heavy atom. The minimum absolute atomic E-state index is 0.0346. The summed E-state index contributed by atoms with van der Waals surface area (Å²) < 4.78 is 13.0. The maximum atomic E-state index is 15.1. The summed E-state index contributed by atoms with van der Waals surface area (Å²) in [7, 11) is 0. The van der Waals surface area contributed by atoms with Gasteiger partial charge in [0, 0.05) is 106 Å². The molecule has 0 amide bonds. The standard InChI is InChI=1S/C45H44O11.C40H36O11/c1-21(2)6-10-27-33(48)15-14-29(41(27)53)42(54)38-31(26-12-8-24(46)18-34(26)49)16-23(5)17-32(38)39-36(51)20-37(52)40-43(55)30(11-7-22(3)4)44(56-45(39)40)28-13-9-25(47)19-35(28)50;1-18(2)4-8-26-38(50)36-33(48)17-32(47)35(40(36)51-39(26)25-11-7-22(43)16-31(25)46)28-13-19(3)12-27(23-9-5-20(41)14-29(23)44)34(28)37(49)24-10-6-21(42)15-30(24)45/h6-9,12-15,17-20,31-32,38,46-53H,10-11,16H2,1-5H3;4-7,9-11,13-17,27-28,34,41-48H,8,12H2,1-3H3. The SMILES string of the molecule is CC(C)=CCc1c(-c2ccc(O)cc2O)oc2c(C3C=C(C)CC(c4ccc(O)cc4O)C3C(=O)c3ccc(O)cc3O)c(O)cc(O)c2c1=O.CC(C)=CCc1c(O)ccc(C(=O)C2C(c3c(O)cc(O)c4c(=O)c(CC=C(C)C)c(-c5ccc(O)cc5O)oc34)C=C(C)CC2c2ccc(O)cc2O)c1O. The van der Waals surface area contributed by atoms with Crippen molar-refractivity contribution in [2.45, 2.75) is 111 Å². The van der Waals surface area contributed by atoms with Crippen LogP contribution in [0.25, 0.3) is 44.6 Å². The molecule has 2 aromatic heterocycles. The zero-order valence-corrected chi connectivity index (χ0v) is 59.5. The molecule has 6 atom stereocenters. The zero-order chi connectivity index (χ0) is 77.6. The van der Waals surface area contributed by atoms with E-state index < -0.39 is 104 Å². The van der Waals surface area contributed by atoms with Gasteiger partial charge < -0.3 is 90.5 Å². The Hall–Kier alpha value is -13.0. The smallest absolute Gasteiger partial charge is 0.200 e. The van der Waals surface area contributed by atoms with Crippen LogP contribution in [0.4, 0.5) is 0 Å². The van der Waals surface area contributed by atoms with Crippen molar-refractivity contribution in [3.63, 3.8) is 0 Å². The average molecular weight is 1450 g/mol. The number of allylic oxidation sites excluding steroid dienone is 10. The van der Waals surface area contributed by atoms with Gasteiger partial charge in [-0.05, 0) is 159 Å². The third-order valence-electron chi connectivity index (χ3n) is 19.6. The molecule has 0 saturated heterocycles. The van der Waals surface area contributed by atoms with E-state index in [-0.39, 0.29) is 173 Å². The Morgan fingerprint density at radius 1 is 0.383 bits per heavy atom. The maximum absolute atomic E-state index is 15.1. The lowest BCUT2D eigenvalue weighted by molar-refractivity contribution is 0.0868. The molecule has 0 saturated carbocycles. The van der Waals surface area contributed by atoms with E-state index in [4.69, 9.17) is 8.83 Å². The molecule has 16 N–H and O–H groups in total. The molecule has 2 aliphatic carbocycles. The lowest BCUT2D eigenvalue weighted by Gasteiger charge is -2.37. The number of ketones is 2. The lowest BCUT2D eigenvalue weighted by atomic mass is 9.65. The summed E-state index contributed by atoms with van der Waals surface area (Å²) in [6.45, 7) is 14.6. The molecule has 0 radical (unpaired) electrons. The van der Waals surface area contributed by atoms with Gasteiger partial charge in [-0.2, -0.15) is 0 Å². The normalized spacial score (nSPS) is 16.9. The number of benzene rings is 8. The molecule has 22 heteroatoms. The predicted octanol–water partition coefficient (Wildman–Crippen LogP) is 16.2. The van der Waals surface area contributed by atoms with E-state index in [0.29, 0.717) is 0 Å². The van der Waals surface area contributed by atoms with Gasteiger partial charge in [0.05, 0.1) is 22.3 Å². The second-order valence-electron chi connectivity index (χ2n) is 28.0. The number of fused-ring (bicyclic) bond motifs is 2. The average Bonchev–Trinajstić information content (AvgIpc) is 0.732. The van der Waals surface area contributed by atoms with Crippen molar-refractivity contribution in [3.8, 4) is 115 Å². The lowest BCUT2D eigenvalue weighted by Crippen LogP contribution is -2.32. The summed E-state index contributed by atoms with van der Waals surface area (Å²) in [6, 6.07) is 23.5. The molecule has 8 aromatic carbocycles. The largest absolute Gasteiger partial charge is 0.508 e. The van der Waals surface area contributed by atoms with Gasteiger partial charge in [0.15, 0.2) is 11.6 Å². The Morgan fingerprint density at radius 2 is 0.729 bits per heavy atom. The molecule has 107 heavy (non-hydrogen) atoms. The highest BCUT2D eigenvalue weighted by molar-refractivity contribution is 6.04. The first kappa shape index (κ1) is 75.2. The van der Waals surface area contributed by atoms with Gasteiger partial charge in [0.25, 0.3) is 0 Å². The Kier molecular flexibility index (Phi) is 21.1. The van der Waals surface area contributed by atoms with E-state index >= 15 is 4.79 Å². The first-order valence-electron chi connectivity index (χ1n) is 34.2. The molecule has 6 unspecified atom stereocenters. The monoisotopic (exact) mass is 1450 g/mol. The zero-order valence-electron chi connectivity index (χ0n) is 59.5. The molecule has 0 spiro atoms. The minimum Gasteiger partial charge on any atom is -0.508 e. The second kappa shape index (κ2) is 30.0. The van der Waals surface area contributed by atoms with Crippen LogP contribution < -0.4 is 10.9 Å². The molecule has 552 valence electrons. The van der Waals surface area contributed by atoms with Crippen LogP contribution in [0.15, 0.2) is 192 Å². The molecule has 0 aliphatic heterocycles. The van der Waals surface area contributed by atoms with Crippen LogP contribution in [0.3, 0.4) is 0 Å². The van der Waals surface area contributed by atoms with Gasteiger partial charge in [-0.3, -0.25) is 19.2 Å². The number of carbonyl (C=O) groups is 2. The van der Waals surface area contributed by atoms with E-state index in [9.17, 15) is 96.1 Å². The summed E-state index contributed by atoms with van der Waals surface area (Å²) in [6.07, 6.45) is 9.37. The molecule has 0 fully saturated rings. The highest BCUT2D eigenvalue weighted by Crippen LogP contribution is 2.57. The van der Waals surface area contributed by atoms with Gasteiger partial charge in [-0.15, -0.1) is 0 Å². The highest BCUT2D eigenvalue weighted by atomic mass is 16.4. The van der Waals surface area contributed by atoms with Gasteiger partial charge in [0.2, 0.25) is 10.9 Å². The van der Waals surface area contributed by atoms with Gasteiger partial charge >= 0.3 is 0 Å². The van der Waals surface area contributed by atoms with Crippen molar-refractivity contribution in [1.82, 2.24) is 0 Å². The fraction of sp³-hybridized carbons (Fsp3) is 0.224. The van der Waals surface area contributed by atoms with Gasteiger partial charge in [-0.25, -0.2) is 0 Å². The fourth-order valence-corrected chi connectivity index (χ4v) is 14.6. The van der Waals surface area contributed by atoms with Gasteiger partial charge in [0.1, 0.15) is 125 Å². The quantitative estimate of drug-likeness (QED) is 0.0315. The molecule has 22 nitrogen and oxygen atoms in total. The van der Waals surface area contributed by atoms with Crippen molar-refractivity contribution in [2.24, 2.45) is 11.8 Å². The van der Waals surface area contributed by atoms with Crippen LogP contribution in [0.1, 0.15) is 152 Å². The topological polar surface area (TPSA) is 418 Å². The van der Waals surface area contributed by atoms with Crippen molar-refractivity contribution >= 4 is 33.5 Å². The van der Waals surface area contributed by atoms with E-state index in [1.165, 1.54) is 72.8 Å². The number of hydrogen-bond donors (Lipinski definition) is 16. The van der Waals surface area contributed by atoms with Crippen LogP contribution in [0.2, 0.25) is 0 Å². The molecule has 2 aliphatic rings. The number of phenols is 16. The highest BCUT2D eigenvalue weighted by Gasteiger charge is 2.46. The number of aromatic hydroxyl groups is 16. The summed E-state index contributed by atoms with van der Waals surface area (Å²) in [5.41, 5.74) is 2.66. The van der Waals surface area contributed by atoms with Crippen LogP contribution in [-0.2, 0) is 19.3 Å². The summed E-state index contributed by atoms with van der Waals surface area (Å²) >= 11 is 0. The number of phenolic OH excluding ortho intramolecular Hbond substituents is 16. The fourth-order valence-electron chi connectivity index (χ4n) is 14.6. The number of rotatable bonds is 16. The van der Waals surface area contributed by atoms with Gasteiger partial charge in [-0.1, -0.05) is 70.4 Å². The number of carbonyl (C=O) groups excluding carboxylic acids is 2. The van der Waals surface area contributed by atoms with E-state index in [0.717, 1.165) is 70.3 Å². The summed E-state index contributed by atoms with van der Waals surface area (Å²) in [4.78, 5) is 58.6. The molecular formula is C85H80O22. The van der Waals surface area contributed by atoms with E-state index in [1.54, 1.807) is 44.2 Å². The molecular weight excluding hydrogens is 1370 g/mol. The Labute approximate surface area is 612 Å². The number of Topliss-reactive ketones (excluding diaryl/α,β-unsaturated/α-hetero) is 2. The number of hydrogen-bond acceptors (Lipinski definition) is 22. The van der Waals surface area contributed by atoms with Crippen molar-refractivity contribution < 1.29 is 100 Å². The summed E-state index contributed by atoms with van der Waals surface area (Å²) in [5, 5.41) is 173. The Balaban J connectivity index is 0.000000214. The molecule has 2 heterocycles. The first-order chi connectivity index (χ1) is 50.6. The maximum Gasteiger partial charge on any atom is 0.200 e. The van der Waals surface area contributed by atoms with Crippen LogP contribution in [-0.4, -0.2) is 93.3 Å². The van der Waals surface area contributed by atoms with Crippen LogP contribution in [0.5, 0.6) is 92.0 Å². The first-order valence-corrected chi connectivity index (χ1v) is 34.2. The van der Waals surface area contributed by atoms with E-state index in [1.807, 2.05) is 41.5 Å². The van der Waals surface area contributed by atoms with Crippen molar-refractivity contribution in [1.29, 1.82) is 0 Å². The Bertz CT molecular complexity index is 5570. The third kappa shape index (κ3) is 14.8. The van der Waals surface area contributed by atoms with Crippen LogP contribution >= 0.6 is 0 Å². The molecule has 0 bridgehead atoms. The molecule has 12 rings (SSSR count). The van der Waals surface area contributed by atoms with E-state index in [2.05, 4.69) is 0 Å². The molecule has 10 aromatic rings. The second-order valence-corrected chi connectivity index (χ2v) is 28.0. The van der Waals surface area contributed by atoms with Crippen LogP contribution in [0, 0.1) is 11.8 Å². The minimum atomic E-state index is -1.24. The predicted molar refractivity (Wildman–Crippen MR) is 401 cm³/mol. The van der Waals surface area contributed by atoms with Crippen molar-refractivity contribution in [3.05, 3.63) is 244 Å².